The van der Waals surface area contributed by atoms with E-state index in [9.17, 15) is 0 Å². The maximum Gasteiger partial charge on any atom is 0.0468 e. The molecule has 0 amide bonds. The molecule has 10 rings (SSSR count). The van der Waals surface area contributed by atoms with Crippen LogP contribution in [0.5, 0.6) is 0 Å². The predicted molar refractivity (Wildman–Crippen MR) is 219 cm³/mol. The summed E-state index contributed by atoms with van der Waals surface area (Å²) < 4.78 is 0. The quantitative estimate of drug-likeness (QED) is 0.171. The fraction of sp³-hybridized carbons (Fsp3) is 0.120. The van der Waals surface area contributed by atoms with Crippen LogP contribution in [-0.2, 0) is 5.41 Å². The molecule has 0 saturated carbocycles. The lowest BCUT2D eigenvalue weighted by atomic mass is 9.79. The van der Waals surface area contributed by atoms with Gasteiger partial charge in [-0.15, -0.1) is 0 Å². The van der Waals surface area contributed by atoms with E-state index in [2.05, 4.69) is 189 Å². The van der Waals surface area contributed by atoms with Gasteiger partial charge in [0.05, 0.1) is 0 Å². The van der Waals surface area contributed by atoms with E-state index in [1.54, 1.807) is 0 Å². The molecule has 0 aromatic heterocycles. The maximum atomic E-state index is 2.46. The summed E-state index contributed by atoms with van der Waals surface area (Å²) in [6, 6.07) is 56.5. The fourth-order valence-electron chi connectivity index (χ4n) is 8.88. The highest BCUT2D eigenvalue weighted by molar-refractivity contribution is 6.17. The van der Waals surface area contributed by atoms with Crippen molar-refractivity contribution < 1.29 is 0 Å². The summed E-state index contributed by atoms with van der Waals surface area (Å²) in [6.45, 7) is 7.10. The van der Waals surface area contributed by atoms with Crippen LogP contribution in [0.25, 0.3) is 59.8 Å². The minimum atomic E-state index is -0.00317. The highest BCUT2D eigenvalue weighted by Gasteiger charge is 2.38. The van der Waals surface area contributed by atoms with Crippen molar-refractivity contribution in [2.45, 2.75) is 32.6 Å². The first kappa shape index (κ1) is 29.9. The molecular formula is C50H39N. The third kappa shape index (κ3) is 4.76. The van der Waals surface area contributed by atoms with Crippen LogP contribution < -0.4 is 4.90 Å². The largest absolute Gasteiger partial charge is 0.310 e. The zero-order valence-corrected chi connectivity index (χ0v) is 29.3. The Morgan fingerprint density at radius 1 is 0.510 bits per heavy atom. The molecule has 244 valence electrons. The van der Waals surface area contributed by atoms with Gasteiger partial charge in [0.2, 0.25) is 0 Å². The van der Waals surface area contributed by atoms with E-state index >= 15 is 0 Å². The first-order valence-electron chi connectivity index (χ1n) is 18.2. The second kappa shape index (κ2) is 11.3. The first-order chi connectivity index (χ1) is 24.9. The van der Waals surface area contributed by atoms with E-state index < -0.39 is 0 Å². The van der Waals surface area contributed by atoms with Crippen LogP contribution >= 0.6 is 0 Å². The van der Waals surface area contributed by atoms with Crippen LogP contribution in [-0.4, -0.2) is 0 Å². The molecule has 0 heterocycles. The van der Waals surface area contributed by atoms with Gasteiger partial charge in [0.25, 0.3) is 0 Å². The number of anilines is 3. The molecule has 0 spiro atoms. The molecule has 2 aliphatic rings. The van der Waals surface area contributed by atoms with Gasteiger partial charge in [-0.2, -0.15) is 0 Å². The predicted octanol–water partition coefficient (Wildman–Crippen LogP) is 14.1. The van der Waals surface area contributed by atoms with Crippen molar-refractivity contribution in [3.8, 4) is 11.1 Å². The van der Waals surface area contributed by atoms with Gasteiger partial charge in [-0.3, -0.25) is 0 Å². The van der Waals surface area contributed by atoms with E-state index in [1.807, 2.05) is 0 Å². The molecule has 0 saturated heterocycles. The van der Waals surface area contributed by atoms with Gasteiger partial charge in [0, 0.05) is 22.5 Å². The van der Waals surface area contributed by atoms with Crippen molar-refractivity contribution in [3.63, 3.8) is 0 Å². The molecule has 0 bridgehead atoms. The molecule has 0 aliphatic heterocycles. The SMILES string of the molecule is CC1C=CC2=C(C1)c1cc(N(c3ccc(-c4ccc5ccccc5c4)cc3)c3ccc4ccc5c6ccccc6ccc5c4c3)ccc1C2(C)C. The lowest BCUT2D eigenvalue weighted by Crippen LogP contribution is -2.17. The second-order valence-electron chi connectivity index (χ2n) is 15.1. The van der Waals surface area contributed by atoms with E-state index in [-0.39, 0.29) is 5.41 Å². The first-order valence-corrected chi connectivity index (χ1v) is 18.2. The molecule has 1 atom stereocenters. The van der Waals surface area contributed by atoms with Gasteiger partial charge in [0.1, 0.15) is 0 Å². The number of hydrogen-bond acceptors (Lipinski definition) is 1. The Bertz CT molecular complexity index is 2760. The normalized spacial score (nSPS) is 16.3. The average molecular weight is 654 g/mol. The third-order valence-corrected chi connectivity index (χ3v) is 11.6. The van der Waals surface area contributed by atoms with Gasteiger partial charge in [-0.05, 0) is 131 Å². The van der Waals surface area contributed by atoms with Crippen molar-refractivity contribution in [1.29, 1.82) is 0 Å². The van der Waals surface area contributed by atoms with Gasteiger partial charge >= 0.3 is 0 Å². The van der Waals surface area contributed by atoms with Gasteiger partial charge in [-0.25, -0.2) is 0 Å². The summed E-state index contributed by atoms with van der Waals surface area (Å²) in [7, 11) is 0. The Kier molecular flexibility index (Phi) is 6.64. The number of fused-ring (bicyclic) bond motifs is 8. The number of nitrogens with zero attached hydrogens (tertiary/aromatic N) is 1. The smallest absolute Gasteiger partial charge is 0.0468 e. The molecule has 0 N–H and O–H groups in total. The van der Waals surface area contributed by atoms with Crippen molar-refractivity contribution >= 4 is 65.7 Å². The molecule has 2 aliphatic carbocycles. The molecule has 51 heavy (non-hydrogen) atoms. The summed E-state index contributed by atoms with van der Waals surface area (Å²) in [5.74, 6) is 0.540. The monoisotopic (exact) mass is 653 g/mol. The minimum Gasteiger partial charge on any atom is -0.310 e. The summed E-state index contributed by atoms with van der Waals surface area (Å²) in [6.07, 6.45) is 5.87. The lowest BCUT2D eigenvalue weighted by Gasteiger charge is -2.28. The van der Waals surface area contributed by atoms with Crippen molar-refractivity contribution in [3.05, 3.63) is 181 Å². The standard InChI is InChI=1S/C50H39N/c1-32-12-26-48-46(28-32)47-31-41(23-27-49(47)50(48,2)3)51(39-20-15-34(16-21-39)38-14-13-33-8-4-5-10-37(33)29-38)40-22-17-36-19-24-43-42-11-7-6-9-35(42)18-25-44(43)45(36)30-40/h4-27,29-32H,28H2,1-3H3. The van der Waals surface area contributed by atoms with Crippen LogP contribution in [0.2, 0.25) is 0 Å². The van der Waals surface area contributed by atoms with Crippen LogP contribution in [0.4, 0.5) is 17.1 Å². The van der Waals surface area contributed by atoms with Crippen molar-refractivity contribution in [2.75, 3.05) is 4.90 Å². The molecule has 0 radical (unpaired) electrons. The second-order valence-corrected chi connectivity index (χ2v) is 15.1. The number of rotatable bonds is 4. The Balaban J connectivity index is 1.15. The Labute approximate surface area is 299 Å². The molecule has 8 aromatic carbocycles. The Hall–Kier alpha value is -5.92. The van der Waals surface area contributed by atoms with E-state index in [0.717, 1.165) is 17.8 Å². The van der Waals surface area contributed by atoms with Gasteiger partial charge in [0.15, 0.2) is 0 Å². The lowest BCUT2D eigenvalue weighted by molar-refractivity contribution is 0.643. The topological polar surface area (TPSA) is 3.24 Å². The highest BCUT2D eigenvalue weighted by atomic mass is 15.1. The van der Waals surface area contributed by atoms with Crippen LogP contribution in [0.15, 0.2) is 169 Å². The number of benzene rings is 8. The third-order valence-electron chi connectivity index (χ3n) is 11.6. The number of allylic oxidation sites excluding steroid dienone is 4. The van der Waals surface area contributed by atoms with Crippen molar-refractivity contribution in [2.24, 2.45) is 5.92 Å². The van der Waals surface area contributed by atoms with E-state index in [0.29, 0.717) is 5.92 Å². The number of hydrogen-bond donors (Lipinski definition) is 0. The molecule has 1 heteroatoms. The molecule has 8 aromatic rings. The average Bonchev–Trinajstić information content (AvgIpc) is 3.39. The zero-order valence-electron chi connectivity index (χ0n) is 29.3. The molecular weight excluding hydrogens is 615 g/mol. The summed E-state index contributed by atoms with van der Waals surface area (Å²) in [5.41, 5.74) is 11.7. The van der Waals surface area contributed by atoms with Gasteiger partial charge in [-0.1, -0.05) is 142 Å². The Morgan fingerprint density at radius 2 is 1.12 bits per heavy atom. The zero-order chi connectivity index (χ0) is 34.3. The minimum absolute atomic E-state index is 0.00317. The summed E-state index contributed by atoms with van der Waals surface area (Å²) in [5, 5.41) is 10.2. The Morgan fingerprint density at radius 3 is 1.94 bits per heavy atom. The van der Waals surface area contributed by atoms with Crippen LogP contribution in [0, 0.1) is 5.92 Å². The molecule has 1 nitrogen and oxygen atoms in total. The highest BCUT2D eigenvalue weighted by Crippen LogP contribution is 2.52. The molecule has 1 unspecified atom stereocenters. The van der Waals surface area contributed by atoms with Crippen LogP contribution in [0.3, 0.4) is 0 Å². The van der Waals surface area contributed by atoms with E-state index in [4.69, 9.17) is 0 Å². The summed E-state index contributed by atoms with van der Waals surface area (Å²) in [4.78, 5) is 2.46. The fourth-order valence-corrected chi connectivity index (χ4v) is 8.88. The van der Waals surface area contributed by atoms with Crippen LogP contribution in [0.1, 0.15) is 38.3 Å². The maximum absolute atomic E-state index is 2.46. The van der Waals surface area contributed by atoms with Gasteiger partial charge < -0.3 is 4.90 Å². The summed E-state index contributed by atoms with van der Waals surface area (Å²) >= 11 is 0. The molecule has 0 fully saturated rings. The van der Waals surface area contributed by atoms with E-state index in [1.165, 1.54) is 82.2 Å². The van der Waals surface area contributed by atoms with Crippen molar-refractivity contribution in [1.82, 2.24) is 0 Å².